The van der Waals surface area contributed by atoms with E-state index >= 15 is 0 Å². The molecule has 0 atom stereocenters. The fraction of sp³-hybridized carbons (Fsp3) is 0. The lowest BCUT2D eigenvalue weighted by atomic mass is 10.3. The van der Waals surface area contributed by atoms with E-state index < -0.39 is 0 Å². The normalized spacial score (nSPS) is 10.3. The first-order chi connectivity index (χ1) is 6.29. The van der Waals surface area contributed by atoms with Crippen LogP contribution in [0.5, 0.6) is 0 Å². The molecule has 0 aliphatic carbocycles. The summed E-state index contributed by atoms with van der Waals surface area (Å²) in [5, 5.41) is 7.67. The van der Waals surface area contributed by atoms with Gasteiger partial charge in [0.15, 0.2) is 5.82 Å². The van der Waals surface area contributed by atoms with Crippen molar-refractivity contribution >= 4 is 15.9 Å². The molecule has 0 spiro atoms. The molecule has 0 N–H and O–H groups in total. The van der Waals surface area contributed by atoms with E-state index in [1.54, 1.807) is 18.2 Å². The second-order valence-electron chi connectivity index (χ2n) is 2.39. The Kier molecular flexibility index (Phi) is 2.10. The van der Waals surface area contributed by atoms with Gasteiger partial charge in [0.1, 0.15) is 5.69 Å². The maximum atomic E-state index is 13.4. The minimum Gasteiger partial charge on any atom is -0.203 e. The molecule has 0 radical (unpaired) electrons. The molecule has 0 unspecified atom stereocenters. The first-order valence-corrected chi connectivity index (χ1v) is 4.39. The number of hydrogen-bond donors (Lipinski definition) is 0. The monoisotopic (exact) mass is 241 g/mol. The zero-order chi connectivity index (χ0) is 9.26. The summed E-state index contributed by atoms with van der Waals surface area (Å²) in [4.78, 5) is 1.24. The van der Waals surface area contributed by atoms with Gasteiger partial charge in [-0.1, -0.05) is 6.07 Å². The molecule has 0 amide bonds. The Morgan fingerprint density at radius 3 is 2.62 bits per heavy atom. The van der Waals surface area contributed by atoms with Gasteiger partial charge in [-0.25, -0.2) is 4.39 Å². The van der Waals surface area contributed by atoms with Crippen molar-refractivity contribution in [1.29, 1.82) is 0 Å². The van der Waals surface area contributed by atoms with Crippen LogP contribution in [0.1, 0.15) is 0 Å². The van der Waals surface area contributed by atoms with Crippen LogP contribution in [-0.2, 0) is 0 Å². The summed E-state index contributed by atoms with van der Waals surface area (Å²) in [7, 11) is 0. The summed E-state index contributed by atoms with van der Waals surface area (Å²) in [6.07, 6.45) is 3.00. The summed E-state index contributed by atoms with van der Waals surface area (Å²) in [6, 6.07) is 4.97. The van der Waals surface area contributed by atoms with Gasteiger partial charge in [0.05, 0.1) is 16.9 Å². The third kappa shape index (κ3) is 1.47. The average molecular weight is 242 g/mol. The molecular weight excluding hydrogens is 237 g/mol. The fourth-order valence-corrected chi connectivity index (χ4v) is 1.34. The van der Waals surface area contributed by atoms with E-state index in [9.17, 15) is 4.39 Å². The van der Waals surface area contributed by atoms with Crippen LogP contribution in [0.15, 0.2) is 35.1 Å². The zero-order valence-corrected chi connectivity index (χ0v) is 8.07. The van der Waals surface area contributed by atoms with E-state index in [4.69, 9.17) is 0 Å². The zero-order valence-electron chi connectivity index (χ0n) is 6.48. The third-order valence-electron chi connectivity index (χ3n) is 1.57. The molecule has 5 heteroatoms. The van der Waals surface area contributed by atoms with Crippen molar-refractivity contribution in [3.63, 3.8) is 0 Å². The molecule has 2 aromatic rings. The van der Waals surface area contributed by atoms with Gasteiger partial charge in [-0.15, -0.1) is 4.80 Å². The minimum atomic E-state index is -0.362. The maximum absolute atomic E-state index is 13.4. The van der Waals surface area contributed by atoms with E-state index in [0.717, 1.165) is 0 Å². The molecule has 0 saturated heterocycles. The molecule has 0 fully saturated rings. The van der Waals surface area contributed by atoms with E-state index in [2.05, 4.69) is 26.1 Å². The topological polar surface area (TPSA) is 30.7 Å². The number of hydrogen-bond acceptors (Lipinski definition) is 2. The Balaban J connectivity index is 2.59. The predicted molar refractivity (Wildman–Crippen MR) is 49.0 cm³/mol. The van der Waals surface area contributed by atoms with Crippen molar-refractivity contribution in [2.75, 3.05) is 0 Å². The van der Waals surface area contributed by atoms with E-state index in [1.807, 2.05) is 0 Å². The Morgan fingerprint density at radius 1 is 1.23 bits per heavy atom. The second kappa shape index (κ2) is 3.26. The van der Waals surface area contributed by atoms with E-state index in [0.29, 0.717) is 10.2 Å². The molecule has 0 bridgehead atoms. The number of nitrogens with zero attached hydrogens (tertiary/aromatic N) is 3. The van der Waals surface area contributed by atoms with Crippen LogP contribution < -0.4 is 0 Å². The highest BCUT2D eigenvalue weighted by Crippen LogP contribution is 2.20. The van der Waals surface area contributed by atoms with Gasteiger partial charge in [0, 0.05) is 0 Å². The SMILES string of the molecule is Fc1c(Br)cccc1-n1nccn1. The molecule has 1 heterocycles. The summed E-state index contributed by atoms with van der Waals surface area (Å²) in [5.74, 6) is -0.362. The maximum Gasteiger partial charge on any atom is 0.164 e. The van der Waals surface area contributed by atoms with Crippen molar-refractivity contribution in [2.24, 2.45) is 0 Å². The van der Waals surface area contributed by atoms with Crippen LogP contribution in [0.2, 0.25) is 0 Å². The largest absolute Gasteiger partial charge is 0.203 e. The van der Waals surface area contributed by atoms with Gasteiger partial charge in [-0.05, 0) is 28.1 Å². The van der Waals surface area contributed by atoms with Gasteiger partial charge in [-0.3, -0.25) is 0 Å². The molecule has 1 aromatic heterocycles. The lowest BCUT2D eigenvalue weighted by Crippen LogP contribution is -2.01. The molecule has 0 aliphatic heterocycles. The lowest BCUT2D eigenvalue weighted by Gasteiger charge is -2.01. The molecule has 66 valence electrons. The highest BCUT2D eigenvalue weighted by molar-refractivity contribution is 9.10. The summed E-state index contributed by atoms with van der Waals surface area (Å²) in [6.45, 7) is 0. The van der Waals surface area contributed by atoms with Gasteiger partial charge in [0.25, 0.3) is 0 Å². The molecule has 2 rings (SSSR count). The number of rotatable bonds is 1. The lowest BCUT2D eigenvalue weighted by molar-refractivity contribution is 0.591. The molecule has 3 nitrogen and oxygen atoms in total. The van der Waals surface area contributed by atoms with Gasteiger partial charge < -0.3 is 0 Å². The fourth-order valence-electron chi connectivity index (χ4n) is 0.987. The van der Waals surface area contributed by atoms with Gasteiger partial charge in [0.2, 0.25) is 0 Å². The van der Waals surface area contributed by atoms with Crippen LogP contribution in [0.3, 0.4) is 0 Å². The van der Waals surface area contributed by atoms with Crippen molar-refractivity contribution in [3.8, 4) is 5.69 Å². The first-order valence-electron chi connectivity index (χ1n) is 3.60. The van der Waals surface area contributed by atoms with Crippen molar-refractivity contribution in [3.05, 3.63) is 40.9 Å². The van der Waals surface area contributed by atoms with Gasteiger partial charge in [-0.2, -0.15) is 10.2 Å². The van der Waals surface area contributed by atoms with Crippen molar-refractivity contribution < 1.29 is 4.39 Å². The smallest absolute Gasteiger partial charge is 0.164 e. The second-order valence-corrected chi connectivity index (χ2v) is 3.25. The number of aromatic nitrogens is 3. The van der Waals surface area contributed by atoms with Crippen LogP contribution in [0.4, 0.5) is 4.39 Å². The van der Waals surface area contributed by atoms with Crippen LogP contribution >= 0.6 is 15.9 Å². The highest BCUT2D eigenvalue weighted by atomic mass is 79.9. The Hall–Kier alpha value is -1.23. The Labute approximate surface area is 82.3 Å². The van der Waals surface area contributed by atoms with E-state index in [-0.39, 0.29) is 5.82 Å². The summed E-state index contributed by atoms with van der Waals surface area (Å²) < 4.78 is 13.8. The summed E-state index contributed by atoms with van der Waals surface area (Å²) in [5.41, 5.74) is 0.333. The van der Waals surface area contributed by atoms with Crippen LogP contribution in [-0.4, -0.2) is 15.0 Å². The van der Waals surface area contributed by atoms with Crippen molar-refractivity contribution in [1.82, 2.24) is 15.0 Å². The molecule has 0 saturated carbocycles. The first kappa shape index (κ1) is 8.37. The van der Waals surface area contributed by atoms with Crippen LogP contribution in [0, 0.1) is 5.82 Å². The molecule has 0 aliphatic rings. The Bertz CT molecular complexity index is 413. The predicted octanol–water partition coefficient (Wildman–Crippen LogP) is 2.17. The van der Waals surface area contributed by atoms with Gasteiger partial charge >= 0.3 is 0 Å². The standard InChI is InChI=1S/C8H5BrFN3/c9-6-2-1-3-7(8(6)10)13-11-4-5-12-13/h1-5H. The highest BCUT2D eigenvalue weighted by Gasteiger charge is 2.07. The minimum absolute atomic E-state index is 0.333. The quantitative estimate of drug-likeness (QED) is 0.767. The summed E-state index contributed by atoms with van der Waals surface area (Å²) >= 11 is 3.09. The number of halogens is 2. The average Bonchev–Trinajstić information content (AvgIpc) is 2.62. The molecular formula is C8H5BrFN3. The van der Waals surface area contributed by atoms with E-state index in [1.165, 1.54) is 17.2 Å². The third-order valence-corrected chi connectivity index (χ3v) is 2.18. The molecule has 13 heavy (non-hydrogen) atoms. The Morgan fingerprint density at radius 2 is 1.92 bits per heavy atom. The number of benzene rings is 1. The molecule has 1 aromatic carbocycles. The van der Waals surface area contributed by atoms with Crippen molar-refractivity contribution in [2.45, 2.75) is 0 Å². The van der Waals surface area contributed by atoms with Crippen LogP contribution in [0.25, 0.3) is 5.69 Å².